The van der Waals surface area contributed by atoms with Gasteiger partial charge in [-0.15, -0.1) is 0 Å². The maximum absolute atomic E-state index is 4.54. The number of hydrogen-bond donors (Lipinski definition) is 1. The van der Waals surface area contributed by atoms with E-state index in [0.717, 1.165) is 25.4 Å². The first-order chi connectivity index (χ1) is 9.42. The van der Waals surface area contributed by atoms with E-state index < -0.39 is 0 Å². The normalized spacial score (nSPS) is 19.5. The fourth-order valence-electron chi connectivity index (χ4n) is 2.81. The SMILES string of the molecule is c1ccc(Cn2ccnc2CC2CCCNC2)cc1. The van der Waals surface area contributed by atoms with Gasteiger partial charge in [0.05, 0.1) is 0 Å². The van der Waals surface area contributed by atoms with E-state index in [9.17, 15) is 0 Å². The summed E-state index contributed by atoms with van der Waals surface area (Å²) in [6.07, 6.45) is 7.73. The third kappa shape index (κ3) is 3.24. The molecule has 0 radical (unpaired) electrons. The van der Waals surface area contributed by atoms with Crippen molar-refractivity contribution in [2.24, 2.45) is 5.92 Å². The van der Waals surface area contributed by atoms with Crippen LogP contribution in [0.1, 0.15) is 24.2 Å². The van der Waals surface area contributed by atoms with Crippen LogP contribution in [0.5, 0.6) is 0 Å². The molecule has 1 unspecified atom stereocenters. The second kappa shape index (κ2) is 6.02. The van der Waals surface area contributed by atoms with Gasteiger partial charge in [-0.1, -0.05) is 30.3 Å². The second-order valence-corrected chi connectivity index (χ2v) is 5.37. The third-order valence-electron chi connectivity index (χ3n) is 3.87. The predicted octanol–water partition coefficient (Wildman–Crippen LogP) is 2.47. The van der Waals surface area contributed by atoms with E-state index in [-0.39, 0.29) is 0 Å². The summed E-state index contributed by atoms with van der Waals surface area (Å²) in [6, 6.07) is 10.6. The Bertz CT molecular complexity index is 498. The second-order valence-electron chi connectivity index (χ2n) is 5.37. The molecule has 1 atom stereocenters. The Hall–Kier alpha value is -1.61. The molecule has 2 aromatic rings. The molecular formula is C16H21N3. The number of nitrogens with zero attached hydrogens (tertiary/aromatic N) is 2. The van der Waals surface area contributed by atoms with Crippen molar-refractivity contribution in [1.29, 1.82) is 0 Å². The van der Waals surface area contributed by atoms with E-state index in [1.54, 1.807) is 0 Å². The topological polar surface area (TPSA) is 29.9 Å². The van der Waals surface area contributed by atoms with Crippen molar-refractivity contribution in [3.63, 3.8) is 0 Å². The van der Waals surface area contributed by atoms with Gasteiger partial charge in [-0.3, -0.25) is 0 Å². The molecule has 0 aliphatic carbocycles. The van der Waals surface area contributed by atoms with Gasteiger partial charge < -0.3 is 9.88 Å². The zero-order valence-electron chi connectivity index (χ0n) is 11.3. The fraction of sp³-hybridized carbons (Fsp3) is 0.438. The Labute approximate surface area is 114 Å². The lowest BCUT2D eigenvalue weighted by atomic mass is 9.96. The highest BCUT2D eigenvalue weighted by molar-refractivity contribution is 5.15. The molecule has 0 amide bonds. The summed E-state index contributed by atoms with van der Waals surface area (Å²) in [7, 11) is 0. The highest BCUT2D eigenvalue weighted by Gasteiger charge is 2.16. The Morgan fingerprint density at radius 3 is 2.95 bits per heavy atom. The third-order valence-corrected chi connectivity index (χ3v) is 3.87. The molecule has 1 aromatic carbocycles. The molecule has 0 spiro atoms. The van der Waals surface area contributed by atoms with Gasteiger partial charge in [-0.25, -0.2) is 4.98 Å². The molecule has 3 heteroatoms. The van der Waals surface area contributed by atoms with E-state index >= 15 is 0 Å². The minimum Gasteiger partial charge on any atom is -0.331 e. The van der Waals surface area contributed by atoms with Crippen molar-refractivity contribution >= 4 is 0 Å². The van der Waals surface area contributed by atoms with E-state index in [2.05, 4.69) is 51.4 Å². The standard InChI is InChI=1S/C16H21N3/c1-2-5-14(6-3-1)13-19-10-9-18-16(19)11-15-7-4-8-17-12-15/h1-3,5-6,9-10,15,17H,4,7-8,11-13H2. The molecule has 1 saturated heterocycles. The van der Waals surface area contributed by atoms with Crippen molar-refractivity contribution in [2.75, 3.05) is 13.1 Å². The fourth-order valence-corrected chi connectivity index (χ4v) is 2.81. The van der Waals surface area contributed by atoms with Crippen molar-refractivity contribution in [2.45, 2.75) is 25.8 Å². The van der Waals surface area contributed by atoms with E-state index in [1.165, 1.54) is 30.8 Å². The van der Waals surface area contributed by atoms with Gasteiger partial charge in [0.1, 0.15) is 5.82 Å². The lowest BCUT2D eigenvalue weighted by molar-refractivity contribution is 0.367. The maximum Gasteiger partial charge on any atom is 0.109 e. The van der Waals surface area contributed by atoms with Gasteiger partial charge in [-0.2, -0.15) is 0 Å². The lowest BCUT2D eigenvalue weighted by Gasteiger charge is -2.22. The summed E-state index contributed by atoms with van der Waals surface area (Å²) in [5.41, 5.74) is 1.34. The predicted molar refractivity (Wildman–Crippen MR) is 77.1 cm³/mol. The number of hydrogen-bond acceptors (Lipinski definition) is 2. The first-order valence-corrected chi connectivity index (χ1v) is 7.16. The molecular weight excluding hydrogens is 234 g/mol. The van der Waals surface area contributed by atoms with Crippen LogP contribution in [0.2, 0.25) is 0 Å². The molecule has 100 valence electrons. The summed E-state index contributed by atoms with van der Waals surface area (Å²) in [5.74, 6) is 1.96. The minimum absolute atomic E-state index is 0.741. The number of benzene rings is 1. The minimum atomic E-state index is 0.741. The summed E-state index contributed by atoms with van der Waals surface area (Å²) in [4.78, 5) is 4.54. The maximum atomic E-state index is 4.54. The van der Waals surface area contributed by atoms with Gasteiger partial charge in [-0.05, 0) is 37.4 Å². The van der Waals surface area contributed by atoms with Gasteiger partial charge in [0.15, 0.2) is 0 Å². The molecule has 1 N–H and O–H groups in total. The van der Waals surface area contributed by atoms with Crippen LogP contribution in [0.25, 0.3) is 0 Å². The molecule has 2 heterocycles. The molecule has 1 aliphatic rings. The Morgan fingerprint density at radius 1 is 1.26 bits per heavy atom. The van der Waals surface area contributed by atoms with E-state index in [4.69, 9.17) is 0 Å². The van der Waals surface area contributed by atoms with Gasteiger partial charge in [0.2, 0.25) is 0 Å². The molecule has 1 aromatic heterocycles. The first-order valence-electron chi connectivity index (χ1n) is 7.16. The highest BCUT2D eigenvalue weighted by Crippen LogP contribution is 2.16. The van der Waals surface area contributed by atoms with Gasteiger partial charge in [0.25, 0.3) is 0 Å². The summed E-state index contributed by atoms with van der Waals surface area (Å²) in [5, 5.41) is 3.48. The van der Waals surface area contributed by atoms with E-state index in [1.807, 2.05) is 6.20 Å². The van der Waals surface area contributed by atoms with Crippen molar-refractivity contribution in [1.82, 2.24) is 14.9 Å². The Morgan fingerprint density at radius 2 is 2.16 bits per heavy atom. The number of aromatic nitrogens is 2. The van der Waals surface area contributed by atoms with Crippen molar-refractivity contribution in [3.8, 4) is 0 Å². The van der Waals surface area contributed by atoms with Crippen LogP contribution in [0.15, 0.2) is 42.7 Å². The first kappa shape index (κ1) is 12.4. The van der Waals surface area contributed by atoms with Crippen molar-refractivity contribution in [3.05, 3.63) is 54.1 Å². The molecule has 0 saturated carbocycles. The molecule has 19 heavy (non-hydrogen) atoms. The lowest BCUT2D eigenvalue weighted by Crippen LogP contribution is -2.31. The van der Waals surface area contributed by atoms with Crippen LogP contribution >= 0.6 is 0 Å². The molecule has 1 fully saturated rings. The van der Waals surface area contributed by atoms with Gasteiger partial charge in [0, 0.05) is 25.4 Å². The van der Waals surface area contributed by atoms with Crippen LogP contribution < -0.4 is 5.32 Å². The Balaban J connectivity index is 1.68. The van der Waals surface area contributed by atoms with Crippen LogP contribution in [0, 0.1) is 5.92 Å². The highest BCUT2D eigenvalue weighted by atomic mass is 15.1. The smallest absolute Gasteiger partial charge is 0.109 e. The van der Waals surface area contributed by atoms with Crippen molar-refractivity contribution < 1.29 is 0 Å². The largest absolute Gasteiger partial charge is 0.331 e. The van der Waals surface area contributed by atoms with Crippen LogP contribution in [0.3, 0.4) is 0 Å². The monoisotopic (exact) mass is 255 g/mol. The molecule has 0 bridgehead atoms. The van der Waals surface area contributed by atoms with Crippen LogP contribution in [-0.2, 0) is 13.0 Å². The van der Waals surface area contributed by atoms with Crippen LogP contribution in [0.4, 0.5) is 0 Å². The average Bonchev–Trinajstić information content (AvgIpc) is 2.88. The number of nitrogens with one attached hydrogen (secondary N) is 1. The molecule has 1 aliphatic heterocycles. The van der Waals surface area contributed by atoms with E-state index in [0.29, 0.717) is 0 Å². The van der Waals surface area contributed by atoms with Gasteiger partial charge >= 0.3 is 0 Å². The summed E-state index contributed by atoms with van der Waals surface area (Å²) in [6.45, 7) is 3.24. The number of imidazole rings is 1. The zero-order valence-corrected chi connectivity index (χ0v) is 11.3. The molecule has 3 rings (SSSR count). The Kier molecular flexibility index (Phi) is 3.94. The molecule has 3 nitrogen and oxygen atoms in total. The summed E-state index contributed by atoms with van der Waals surface area (Å²) >= 11 is 0. The summed E-state index contributed by atoms with van der Waals surface area (Å²) < 4.78 is 2.28. The zero-order chi connectivity index (χ0) is 12.9. The van der Waals surface area contributed by atoms with Crippen LogP contribution in [-0.4, -0.2) is 22.6 Å². The number of rotatable bonds is 4. The average molecular weight is 255 g/mol. The quantitative estimate of drug-likeness (QED) is 0.909. The number of piperidine rings is 1.